The maximum atomic E-state index is 15.6. The van der Waals surface area contributed by atoms with Crippen LogP contribution in [0.4, 0.5) is 4.39 Å². The lowest BCUT2D eigenvalue weighted by molar-refractivity contribution is -0.138. The number of allylic oxidation sites excluding steroid dienone is 1. The summed E-state index contributed by atoms with van der Waals surface area (Å²) in [5, 5.41) is 0. The van der Waals surface area contributed by atoms with Crippen molar-refractivity contribution in [2.24, 2.45) is 35.0 Å². The van der Waals surface area contributed by atoms with Crippen LogP contribution in [0.2, 0.25) is 0 Å². The summed E-state index contributed by atoms with van der Waals surface area (Å²) >= 11 is 5.83. The molecule has 3 saturated carbocycles. The molecular weight excluding hydrogens is 363 g/mol. The predicted molar refractivity (Wildman–Crippen MR) is 105 cm³/mol. The summed E-state index contributed by atoms with van der Waals surface area (Å²) in [7, 11) is 0. The van der Waals surface area contributed by atoms with Crippen molar-refractivity contribution in [2.45, 2.75) is 77.3 Å². The van der Waals surface area contributed by atoms with Crippen LogP contribution in [0.5, 0.6) is 0 Å². The van der Waals surface area contributed by atoms with Gasteiger partial charge in [0.25, 0.3) is 0 Å². The Labute approximate surface area is 167 Å². The molecule has 4 rings (SSSR count). The fourth-order valence-corrected chi connectivity index (χ4v) is 7.31. The van der Waals surface area contributed by atoms with E-state index in [1.807, 2.05) is 13.0 Å². The Hall–Kier alpha value is -0.700. The highest BCUT2D eigenvalue weighted by molar-refractivity contribution is 6.17. The number of halogens is 2. The van der Waals surface area contributed by atoms with Crippen LogP contribution in [0.3, 0.4) is 0 Å². The smallest absolute Gasteiger partial charge is 0.155 e. The van der Waals surface area contributed by atoms with Gasteiger partial charge in [0, 0.05) is 30.1 Å². The molecule has 2 nitrogen and oxygen atoms in total. The number of ketones is 2. The van der Waals surface area contributed by atoms with Gasteiger partial charge in [0.15, 0.2) is 5.78 Å². The molecule has 27 heavy (non-hydrogen) atoms. The van der Waals surface area contributed by atoms with E-state index in [0.29, 0.717) is 42.9 Å². The Kier molecular flexibility index (Phi) is 5.53. The van der Waals surface area contributed by atoms with E-state index in [2.05, 4.69) is 0 Å². The summed E-state index contributed by atoms with van der Waals surface area (Å²) in [5.41, 5.74) is 0.756. The molecule has 0 aromatic carbocycles. The molecule has 150 valence electrons. The van der Waals surface area contributed by atoms with E-state index in [0.717, 1.165) is 44.9 Å². The quantitative estimate of drug-likeness (QED) is 0.444. The van der Waals surface area contributed by atoms with Crippen molar-refractivity contribution in [1.82, 2.24) is 0 Å². The Balaban J connectivity index is 1.65. The molecule has 4 aliphatic rings. The first-order chi connectivity index (χ1) is 13.0. The van der Waals surface area contributed by atoms with Crippen molar-refractivity contribution < 1.29 is 14.0 Å². The van der Waals surface area contributed by atoms with Crippen LogP contribution >= 0.6 is 11.6 Å². The average molecular weight is 395 g/mol. The molecule has 0 aromatic rings. The third kappa shape index (κ3) is 3.32. The molecule has 0 aromatic heterocycles. The molecule has 4 unspecified atom stereocenters. The van der Waals surface area contributed by atoms with E-state index in [4.69, 9.17) is 11.6 Å². The standard InChI is InChI=1S/C23H32ClFO2/c1-23-13-19(25)22-17-7-6-16(26)12-15(17)11-14(5-3-2-4-10-24)21(22)18(23)8-9-20(23)27/h12,14,17-19,21-22H,2-11,13H2,1H3/t14-,17?,18?,19+,21?,22?,23+/m0/s1. The number of Topliss-reactive ketones (excluding diaryl/α,β-unsaturated/α-hetero) is 1. The second kappa shape index (κ2) is 7.61. The lowest BCUT2D eigenvalue weighted by Gasteiger charge is -2.56. The Morgan fingerprint density at radius 3 is 2.74 bits per heavy atom. The summed E-state index contributed by atoms with van der Waals surface area (Å²) in [6.45, 7) is 2.04. The number of fused-ring (bicyclic) bond motifs is 5. The zero-order valence-corrected chi connectivity index (χ0v) is 17.1. The van der Waals surface area contributed by atoms with E-state index >= 15 is 4.39 Å². The van der Waals surface area contributed by atoms with Gasteiger partial charge in [0.05, 0.1) is 0 Å². The van der Waals surface area contributed by atoms with Gasteiger partial charge in [-0.25, -0.2) is 4.39 Å². The topological polar surface area (TPSA) is 34.1 Å². The van der Waals surface area contributed by atoms with Crippen LogP contribution in [0, 0.1) is 35.0 Å². The molecule has 7 atom stereocenters. The molecule has 0 N–H and O–H groups in total. The van der Waals surface area contributed by atoms with Crippen molar-refractivity contribution in [1.29, 1.82) is 0 Å². The lowest BCUT2D eigenvalue weighted by Crippen LogP contribution is -2.54. The predicted octanol–water partition coefficient (Wildman–Crippen LogP) is 5.67. The summed E-state index contributed by atoms with van der Waals surface area (Å²) in [5.74, 6) is 2.48. The minimum absolute atomic E-state index is 0.0140. The van der Waals surface area contributed by atoms with Gasteiger partial charge in [-0.15, -0.1) is 11.6 Å². The van der Waals surface area contributed by atoms with Crippen molar-refractivity contribution >= 4 is 23.2 Å². The molecule has 0 amide bonds. The maximum absolute atomic E-state index is 15.6. The van der Waals surface area contributed by atoms with E-state index < -0.39 is 11.6 Å². The first kappa shape index (κ1) is 19.6. The van der Waals surface area contributed by atoms with Crippen LogP contribution in [-0.4, -0.2) is 23.6 Å². The summed E-state index contributed by atoms with van der Waals surface area (Å²) < 4.78 is 15.6. The van der Waals surface area contributed by atoms with Crippen LogP contribution < -0.4 is 0 Å². The number of alkyl halides is 2. The second-order valence-electron chi connectivity index (χ2n) is 9.69. The largest absolute Gasteiger partial charge is 0.299 e. The van der Waals surface area contributed by atoms with Crippen LogP contribution in [-0.2, 0) is 9.59 Å². The Bertz CT molecular complexity index is 644. The van der Waals surface area contributed by atoms with Gasteiger partial charge in [-0.1, -0.05) is 25.3 Å². The highest BCUT2D eigenvalue weighted by Gasteiger charge is 2.61. The summed E-state index contributed by atoms with van der Waals surface area (Å²) in [6, 6.07) is 0. The molecule has 4 heteroatoms. The third-order valence-electron chi connectivity index (χ3n) is 8.32. The number of rotatable bonds is 5. The highest BCUT2D eigenvalue weighted by Crippen LogP contribution is 2.63. The Morgan fingerprint density at radius 1 is 1.15 bits per heavy atom. The van der Waals surface area contributed by atoms with E-state index in [1.165, 1.54) is 5.57 Å². The molecule has 0 bridgehead atoms. The zero-order chi connectivity index (χ0) is 19.2. The normalized spacial score (nSPS) is 43.7. The van der Waals surface area contributed by atoms with E-state index in [1.54, 1.807) is 0 Å². The monoisotopic (exact) mass is 394 g/mol. The highest BCUT2D eigenvalue weighted by atomic mass is 35.5. The number of carbonyl (C=O) groups is 2. The number of unbranched alkanes of at least 4 members (excludes halogenated alkanes) is 2. The SMILES string of the molecule is C[C@@]12C[C@@H](F)C3C4CCC(=O)C=C4C[C@H](CCCCCCl)C3C1CCC2=O. The fraction of sp³-hybridized carbons (Fsp3) is 0.826. The molecule has 0 aliphatic heterocycles. The molecular formula is C23H32ClFO2. The minimum Gasteiger partial charge on any atom is -0.299 e. The molecule has 0 saturated heterocycles. The number of hydrogen-bond donors (Lipinski definition) is 0. The molecule has 0 radical (unpaired) electrons. The van der Waals surface area contributed by atoms with Crippen molar-refractivity contribution in [3.63, 3.8) is 0 Å². The van der Waals surface area contributed by atoms with E-state index in [-0.39, 0.29) is 23.4 Å². The van der Waals surface area contributed by atoms with Gasteiger partial charge in [-0.05, 0) is 68.3 Å². The molecule has 0 heterocycles. The van der Waals surface area contributed by atoms with Gasteiger partial charge in [0.2, 0.25) is 0 Å². The number of carbonyl (C=O) groups excluding carboxylic acids is 2. The molecule has 4 aliphatic carbocycles. The van der Waals surface area contributed by atoms with Crippen molar-refractivity contribution in [3.05, 3.63) is 11.6 Å². The first-order valence-electron chi connectivity index (χ1n) is 10.9. The number of hydrogen-bond acceptors (Lipinski definition) is 2. The maximum Gasteiger partial charge on any atom is 0.155 e. The zero-order valence-electron chi connectivity index (χ0n) is 16.4. The summed E-state index contributed by atoms with van der Waals surface area (Å²) in [6.07, 6.45) is 9.52. The summed E-state index contributed by atoms with van der Waals surface area (Å²) in [4.78, 5) is 24.7. The van der Waals surface area contributed by atoms with Gasteiger partial charge >= 0.3 is 0 Å². The van der Waals surface area contributed by atoms with Gasteiger partial charge < -0.3 is 0 Å². The first-order valence-corrected chi connectivity index (χ1v) is 11.5. The lowest BCUT2D eigenvalue weighted by atomic mass is 9.48. The molecule has 0 spiro atoms. The van der Waals surface area contributed by atoms with Crippen LogP contribution in [0.15, 0.2) is 11.6 Å². The van der Waals surface area contributed by atoms with E-state index in [9.17, 15) is 9.59 Å². The van der Waals surface area contributed by atoms with Gasteiger partial charge in [-0.2, -0.15) is 0 Å². The fourth-order valence-electron chi connectivity index (χ4n) is 7.12. The average Bonchev–Trinajstić information content (AvgIpc) is 2.92. The van der Waals surface area contributed by atoms with Crippen LogP contribution in [0.25, 0.3) is 0 Å². The third-order valence-corrected chi connectivity index (χ3v) is 8.59. The van der Waals surface area contributed by atoms with Gasteiger partial charge in [-0.3, -0.25) is 9.59 Å². The van der Waals surface area contributed by atoms with Crippen molar-refractivity contribution in [3.8, 4) is 0 Å². The van der Waals surface area contributed by atoms with Crippen LogP contribution in [0.1, 0.15) is 71.1 Å². The molecule has 3 fully saturated rings. The Morgan fingerprint density at radius 2 is 1.96 bits per heavy atom. The second-order valence-corrected chi connectivity index (χ2v) is 10.1. The van der Waals surface area contributed by atoms with Gasteiger partial charge in [0.1, 0.15) is 12.0 Å². The van der Waals surface area contributed by atoms with Crippen molar-refractivity contribution in [2.75, 3.05) is 5.88 Å². The minimum atomic E-state index is -0.912.